The lowest BCUT2D eigenvalue weighted by Gasteiger charge is -2.33. The number of nitro benzene ring substituents is 1. The molecule has 3 rings (SSSR count). The van der Waals surface area contributed by atoms with Crippen LogP contribution in [0.2, 0.25) is 0 Å². The Balaban J connectivity index is 2.00. The molecule has 7 nitrogen and oxygen atoms in total. The first-order chi connectivity index (χ1) is 11.5. The lowest BCUT2D eigenvalue weighted by Crippen LogP contribution is -2.38. The molecule has 0 radical (unpaired) electrons. The van der Waals surface area contributed by atoms with Gasteiger partial charge in [-0.2, -0.15) is 0 Å². The van der Waals surface area contributed by atoms with Crippen LogP contribution in [0, 0.1) is 10.1 Å². The van der Waals surface area contributed by atoms with Crippen molar-refractivity contribution in [3.05, 3.63) is 55.8 Å². The van der Waals surface area contributed by atoms with Crippen molar-refractivity contribution in [3.8, 4) is 5.75 Å². The van der Waals surface area contributed by atoms with Crippen LogP contribution in [0.5, 0.6) is 5.75 Å². The second kappa shape index (κ2) is 6.58. The summed E-state index contributed by atoms with van der Waals surface area (Å²) in [5.74, 6) is -0.711. The highest BCUT2D eigenvalue weighted by Crippen LogP contribution is 2.36. The topological polar surface area (TPSA) is 92.9 Å². The molecule has 1 aromatic carbocycles. The summed E-state index contributed by atoms with van der Waals surface area (Å²) in [5.41, 5.74) is 1.14. The Hall–Kier alpha value is -2.45. The number of non-ortho nitro benzene ring substituents is 1. The van der Waals surface area contributed by atoms with Gasteiger partial charge in [-0.1, -0.05) is 0 Å². The van der Waals surface area contributed by atoms with Crippen molar-refractivity contribution in [1.29, 1.82) is 0 Å². The van der Waals surface area contributed by atoms with E-state index >= 15 is 0 Å². The number of hydrogen-bond acceptors (Lipinski definition) is 7. The van der Waals surface area contributed by atoms with E-state index in [0.29, 0.717) is 13.1 Å². The van der Waals surface area contributed by atoms with E-state index in [-0.39, 0.29) is 17.0 Å². The van der Waals surface area contributed by atoms with E-state index < -0.39 is 16.9 Å². The maximum absolute atomic E-state index is 12.4. The molecule has 2 aromatic rings. The molecule has 1 unspecified atom stereocenters. The first-order valence-electron chi connectivity index (χ1n) is 7.35. The zero-order chi connectivity index (χ0) is 17.3. The smallest absolute Gasteiger partial charge is 0.327 e. The van der Waals surface area contributed by atoms with Crippen LogP contribution in [0.3, 0.4) is 0 Å². The number of nitro groups is 1. The van der Waals surface area contributed by atoms with Gasteiger partial charge in [0.2, 0.25) is 0 Å². The third-order valence-corrected chi connectivity index (χ3v) is 5.17. The van der Waals surface area contributed by atoms with Crippen LogP contribution in [0.4, 0.5) is 5.69 Å². The highest BCUT2D eigenvalue weighted by molar-refractivity contribution is 7.10. The van der Waals surface area contributed by atoms with Gasteiger partial charge >= 0.3 is 5.97 Å². The molecule has 0 fully saturated rings. The Morgan fingerprint density at radius 3 is 2.96 bits per heavy atom. The fourth-order valence-corrected chi connectivity index (χ4v) is 3.84. The lowest BCUT2D eigenvalue weighted by molar-refractivity contribution is -0.385. The van der Waals surface area contributed by atoms with Gasteiger partial charge in [-0.25, -0.2) is 4.79 Å². The SMILES string of the molecule is COC(=O)C(c1cc([N+](=O)[O-])ccc1O)N1CCc2sccc2C1. The molecule has 0 saturated heterocycles. The molecule has 24 heavy (non-hydrogen) atoms. The maximum Gasteiger partial charge on any atom is 0.327 e. The lowest BCUT2D eigenvalue weighted by atomic mass is 10.00. The zero-order valence-corrected chi connectivity index (χ0v) is 13.8. The highest BCUT2D eigenvalue weighted by atomic mass is 32.1. The molecule has 2 heterocycles. The molecule has 0 saturated carbocycles. The number of nitrogens with zero attached hydrogens (tertiary/aromatic N) is 2. The fourth-order valence-electron chi connectivity index (χ4n) is 2.95. The Morgan fingerprint density at radius 2 is 2.25 bits per heavy atom. The number of aromatic hydroxyl groups is 1. The van der Waals surface area contributed by atoms with Gasteiger partial charge in [0.1, 0.15) is 11.8 Å². The van der Waals surface area contributed by atoms with Gasteiger partial charge in [-0.05, 0) is 29.5 Å². The summed E-state index contributed by atoms with van der Waals surface area (Å²) in [6.45, 7) is 1.14. The minimum absolute atomic E-state index is 0.160. The average molecular weight is 348 g/mol. The molecule has 0 amide bonds. The first-order valence-corrected chi connectivity index (χ1v) is 8.23. The highest BCUT2D eigenvalue weighted by Gasteiger charge is 2.34. The second-order valence-corrected chi connectivity index (χ2v) is 6.52. The standard InChI is InChI=1S/C16H16N2O5S/c1-23-16(20)15(12-8-11(18(21)22)2-3-13(12)19)17-6-4-14-10(9-17)5-7-24-14/h2-3,5,7-8,15,19H,4,6,9H2,1H3. The molecule has 1 aromatic heterocycles. The number of carbonyl (C=O) groups is 1. The monoisotopic (exact) mass is 348 g/mol. The minimum Gasteiger partial charge on any atom is -0.508 e. The number of esters is 1. The van der Waals surface area contributed by atoms with Gasteiger partial charge < -0.3 is 9.84 Å². The fraction of sp³-hybridized carbons (Fsp3) is 0.312. The average Bonchev–Trinajstić information content (AvgIpc) is 3.04. The number of hydrogen-bond donors (Lipinski definition) is 1. The summed E-state index contributed by atoms with van der Waals surface area (Å²) in [5, 5.41) is 23.2. The predicted molar refractivity (Wildman–Crippen MR) is 88.0 cm³/mol. The molecule has 1 aliphatic heterocycles. The van der Waals surface area contributed by atoms with Crippen LogP contribution in [-0.2, 0) is 22.5 Å². The van der Waals surface area contributed by atoms with Crippen molar-refractivity contribution in [3.63, 3.8) is 0 Å². The summed E-state index contributed by atoms with van der Waals surface area (Å²) in [7, 11) is 1.27. The van der Waals surface area contributed by atoms with Crippen molar-refractivity contribution in [2.75, 3.05) is 13.7 Å². The van der Waals surface area contributed by atoms with Gasteiger partial charge in [0.05, 0.1) is 12.0 Å². The van der Waals surface area contributed by atoms with Gasteiger partial charge in [0.25, 0.3) is 5.69 Å². The number of thiophene rings is 1. The molecule has 126 valence electrons. The van der Waals surface area contributed by atoms with Gasteiger partial charge in [0, 0.05) is 35.7 Å². The molecule has 0 spiro atoms. The van der Waals surface area contributed by atoms with Crippen molar-refractivity contribution < 1.29 is 19.6 Å². The summed E-state index contributed by atoms with van der Waals surface area (Å²) >= 11 is 1.68. The summed E-state index contributed by atoms with van der Waals surface area (Å²) in [6, 6.07) is 4.81. The number of phenolic OH excluding ortho intramolecular Hbond substituents is 1. The summed E-state index contributed by atoms with van der Waals surface area (Å²) < 4.78 is 4.89. The summed E-state index contributed by atoms with van der Waals surface area (Å²) in [4.78, 5) is 26.0. The molecular formula is C16H16N2O5S. The number of rotatable bonds is 4. The van der Waals surface area contributed by atoms with Crippen molar-refractivity contribution in [1.82, 2.24) is 4.90 Å². The molecule has 1 N–H and O–H groups in total. The van der Waals surface area contributed by atoms with E-state index in [1.807, 2.05) is 16.3 Å². The van der Waals surface area contributed by atoms with E-state index in [1.165, 1.54) is 30.2 Å². The number of ether oxygens (including phenoxy) is 1. The summed E-state index contributed by atoms with van der Waals surface area (Å²) in [6.07, 6.45) is 0.788. The minimum atomic E-state index is -0.886. The quantitative estimate of drug-likeness (QED) is 0.519. The normalized spacial score (nSPS) is 15.5. The van der Waals surface area contributed by atoms with Crippen molar-refractivity contribution >= 4 is 23.0 Å². The number of methoxy groups -OCH3 is 1. The van der Waals surface area contributed by atoms with Gasteiger partial charge in [-0.3, -0.25) is 15.0 Å². The third kappa shape index (κ3) is 2.98. The van der Waals surface area contributed by atoms with Crippen LogP contribution >= 0.6 is 11.3 Å². The van der Waals surface area contributed by atoms with E-state index in [4.69, 9.17) is 4.74 Å². The Bertz CT molecular complexity index is 789. The molecular weight excluding hydrogens is 332 g/mol. The zero-order valence-electron chi connectivity index (χ0n) is 13.0. The van der Waals surface area contributed by atoms with E-state index in [9.17, 15) is 20.0 Å². The van der Waals surface area contributed by atoms with Crippen molar-refractivity contribution in [2.24, 2.45) is 0 Å². The van der Waals surface area contributed by atoms with E-state index in [0.717, 1.165) is 12.0 Å². The number of benzene rings is 1. The third-order valence-electron chi connectivity index (χ3n) is 4.14. The Labute approximate surface area is 142 Å². The van der Waals surface area contributed by atoms with E-state index in [2.05, 4.69) is 0 Å². The largest absolute Gasteiger partial charge is 0.508 e. The van der Waals surface area contributed by atoms with Gasteiger partial charge in [0.15, 0.2) is 0 Å². The van der Waals surface area contributed by atoms with Crippen LogP contribution in [0.25, 0.3) is 0 Å². The van der Waals surface area contributed by atoms with Crippen LogP contribution in [0.15, 0.2) is 29.6 Å². The Kier molecular flexibility index (Phi) is 4.50. The Morgan fingerprint density at radius 1 is 1.46 bits per heavy atom. The molecule has 1 aliphatic rings. The van der Waals surface area contributed by atoms with Gasteiger partial charge in [-0.15, -0.1) is 11.3 Å². The van der Waals surface area contributed by atoms with Crippen LogP contribution in [0.1, 0.15) is 22.0 Å². The second-order valence-electron chi connectivity index (χ2n) is 5.52. The number of phenols is 1. The van der Waals surface area contributed by atoms with E-state index in [1.54, 1.807) is 11.3 Å². The molecule has 1 atom stereocenters. The number of fused-ring (bicyclic) bond motifs is 1. The maximum atomic E-state index is 12.4. The first kappa shape index (κ1) is 16.4. The van der Waals surface area contributed by atoms with Crippen LogP contribution in [-0.4, -0.2) is 34.6 Å². The molecule has 0 aliphatic carbocycles. The van der Waals surface area contributed by atoms with Crippen LogP contribution < -0.4 is 0 Å². The predicted octanol–water partition coefficient (Wildman–Crippen LogP) is 2.63. The molecule has 8 heteroatoms. The molecule has 0 bridgehead atoms. The van der Waals surface area contributed by atoms with Crippen molar-refractivity contribution in [2.45, 2.75) is 19.0 Å². The number of carbonyl (C=O) groups excluding carboxylic acids is 1.